The van der Waals surface area contributed by atoms with Crippen molar-refractivity contribution in [3.8, 4) is 5.75 Å². The summed E-state index contributed by atoms with van der Waals surface area (Å²) in [6.07, 6.45) is 3.43. The van der Waals surface area contributed by atoms with Gasteiger partial charge in [0.05, 0.1) is 16.4 Å². The number of hydrogen-bond donors (Lipinski definition) is 4. The Bertz CT molecular complexity index is 1840. The molecule has 0 saturated heterocycles. The molecule has 5 rings (SSSR count). The van der Waals surface area contributed by atoms with E-state index in [0.29, 0.717) is 21.7 Å². The van der Waals surface area contributed by atoms with Crippen molar-refractivity contribution in [1.82, 2.24) is 30.3 Å². The molecule has 2 unspecified atom stereocenters. The zero-order valence-electron chi connectivity index (χ0n) is 22.0. The van der Waals surface area contributed by atoms with E-state index in [2.05, 4.69) is 25.6 Å². The maximum absolute atomic E-state index is 13.3. The molecule has 5 N–H and O–H groups in total. The predicted molar refractivity (Wildman–Crippen MR) is 151 cm³/mol. The van der Waals surface area contributed by atoms with Gasteiger partial charge in [0.15, 0.2) is 0 Å². The monoisotopic (exact) mass is 597 g/mol. The van der Waals surface area contributed by atoms with Crippen LogP contribution in [0.3, 0.4) is 0 Å². The number of para-hydroxylation sites is 1. The number of hydrogen-bond acceptors (Lipinski definition) is 9. The van der Waals surface area contributed by atoms with Crippen molar-refractivity contribution in [2.75, 3.05) is 0 Å². The Morgan fingerprint density at radius 2 is 2.00 bits per heavy atom. The second kappa shape index (κ2) is 11.3. The first-order valence-corrected chi connectivity index (χ1v) is 14.9. The van der Waals surface area contributed by atoms with Crippen molar-refractivity contribution in [1.29, 1.82) is 0 Å². The Morgan fingerprint density at radius 3 is 2.73 bits per heavy atom. The van der Waals surface area contributed by atoms with Crippen LogP contribution in [0.2, 0.25) is 0 Å². The lowest BCUT2D eigenvalue weighted by Gasteiger charge is -2.23. The topological polar surface area (TPSA) is 195 Å². The van der Waals surface area contributed by atoms with E-state index in [1.807, 2.05) is 38.1 Å². The number of carbonyl (C=O) groups is 2. The third-order valence-electron chi connectivity index (χ3n) is 6.43. The molecule has 5 aromatic rings. The van der Waals surface area contributed by atoms with Crippen LogP contribution in [0.1, 0.15) is 31.1 Å². The van der Waals surface area contributed by atoms with E-state index in [0.717, 1.165) is 27.8 Å². The number of ether oxygens (including phenoxy) is 1. The number of nitrogens with one attached hydrogen (secondary N) is 2. The number of primary sulfonamides is 1. The molecular weight excluding hydrogens is 570 g/mol. The molecule has 0 aliphatic heterocycles. The van der Waals surface area contributed by atoms with Gasteiger partial charge in [-0.1, -0.05) is 37.3 Å². The summed E-state index contributed by atoms with van der Waals surface area (Å²) in [6.45, 7) is 3.69. The molecule has 3 aromatic heterocycles. The second-order valence-corrected chi connectivity index (χ2v) is 12.6. The number of carboxylic acids is 1. The lowest BCUT2D eigenvalue weighted by atomic mass is 10.0. The smallest absolute Gasteiger partial charge is 0.326 e. The van der Waals surface area contributed by atoms with Gasteiger partial charge in [0.1, 0.15) is 30.1 Å². The molecule has 214 valence electrons. The number of thiazole rings is 1. The third-order valence-corrected chi connectivity index (χ3v) is 8.76. The number of H-pyrrole nitrogens is 1. The first-order chi connectivity index (χ1) is 19.5. The average Bonchev–Trinajstić information content (AvgIpc) is 3.65. The highest BCUT2D eigenvalue weighted by atomic mass is 32.2. The Balaban J connectivity index is 1.27. The van der Waals surface area contributed by atoms with Crippen molar-refractivity contribution in [3.63, 3.8) is 0 Å². The van der Waals surface area contributed by atoms with Crippen LogP contribution in [0.4, 0.5) is 0 Å². The predicted octanol–water partition coefficient (Wildman–Crippen LogP) is 2.60. The fourth-order valence-electron chi connectivity index (χ4n) is 4.47. The number of amides is 1. The van der Waals surface area contributed by atoms with Crippen LogP contribution in [0, 0.1) is 5.92 Å². The molecule has 0 spiro atoms. The summed E-state index contributed by atoms with van der Waals surface area (Å²) in [6, 6.07) is 10.5. The zero-order valence-corrected chi connectivity index (χ0v) is 23.6. The number of benzene rings is 2. The lowest BCUT2D eigenvalue weighted by Crippen LogP contribution is -2.46. The molecule has 0 saturated carbocycles. The van der Waals surface area contributed by atoms with Gasteiger partial charge in [0.2, 0.25) is 10.2 Å². The number of fused-ring (bicyclic) bond motifs is 2. The number of aromatic amines is 1. The van der Waals surface area contributed by atoms with E-state index in [1.165, 1.54) is 4.68 Å². The quantitative estimate of drug-likeness (QED) is 0.177. The van der Waals surface area contributed by atoms with Crippen LogP contribution in [-0.2, 0) is 32.6 Å². The molecule has 0 aliphatic rings. The van der Waals surface area contributed by atoms with E-state index in [4.69, 9.17) is 9.88 Å². The first kappa shape index (κ1) is 28.2. The summed E-state index contributed by atoms with van der Waals surface area (Å²) in [7, 11) is -3.91. The molecule has 2 atom stereocenters. The molecule has 15 heteroatoms. The van der Waals surface area contributed by atoms with Crippen molar-refractivity contribution in [2.45, 2.75) is 43.3 Å². The largest absolute Gasteiger partial charge is 0.487 e. The number of carbonyl (C=O) groups excluding carboxylic acids is 1. The fourth-order valence-corrected chi connectivity index (χ4v) is 6.16. The Kier molecular flexibility index (Phi) is 7.75. The minimum atomic E-state index is -3.91. The van der Waals surface area contributed by atoms with Gasteiger partial charge in [-0.25, -0.2) is 28.0 Å². The normalized spacial score (nSPS) is 13.5. The highest BCUT2D eigenvalue weighted by Crippen LogP contribution is 2.29. The van der Waals surface area contributed by atoms with Crippen LogP contribution in [-0.4, -0.2) is 56.4 Å². The molecule has 41 heavy (non-hydrogen) atoms. The number of carboxylic acid groups (broad SMARTS) is 1. The summed E-state index contributed by atoms with van der Waals surface area (Å²) < 4.78 is 30.8. The minimum absolute atomic E-state index is 0.0249. The number of nitrogens with two attached hydrogens (primary N) is 1. The van der Waals surface area contributed by atoms with E-state index >= 15 is 0 Å². The number of sulfonamides is 1. The Morgan fingerprint density at radius 1 is 1.22 bits per heavy atom. The Labute approximate surface area is 238 Å². The zero-order chi connectivity index (χ0) is 29.3. The lowest BCUT2D eigenvalue weighted by molar-refractivity contribution is -0.142. The van der Waals surface area contributed by atoms with Gasteiger partial charge in [0.25, 0.3) is 10.0 Å². The number of aliphatic carboxylic acids is 1. The number of rotatable bonds is 11. The van der Waals surface area contributed by atoms with Crippen LogP contribution < -0.4 is 15.2 Å². The maximum Gasteiger partial charge on any atom is 0.326 e. The van der Waals surface area contributed by atoms with Crippen molar-refractivity contribution >= 4 is 54.4 Å². The van der Waals surface area contributed by atoms with Gasteiger partial charge >= 0.3 is 5.97 Å². The van der Waals surface area contributed by atoms with E-state index in [9.17, 15) is 23.1 Å². The number of nitrogens with zero attached hydrogens (tertiary/aromatic N) is 4. The van der Waals surface area contributed by atoms with Crippen LogP contribution in [0.5, 0.6) is 5.75 Å². The third kappa shape index (κ3) is 6.21. The summed E-state index contributed by atoms with van der Waals surface area (Å²) in [5, 5.41) is 26.8. The summed E-state index contributed by atoms with van der Waals surface area (Å²) in [4.78, 5) is 32.5. The van der Waals surface area contributed by atoms with Gasteiger partial charge in [-0.15, -0.1) is 16.4 Å². The summed E-state index contributed by atoms with van der Waals surface area (Å²) >= 11 is 0.938. The first-order valence-electron chi connectivity index (χ1n) is 12.5. The highest BCUT2D eigenvalue weighted by Gasteiger charge is 2.30. The van der Waals surface area contributed by atoms with Gasteiger partial charge < -0.3 is 20.1 Å². The van der Waals surface area contributed by atoms with Crippen LogP contribution in [0.15, 0.2) is 59.2 Å². The minimum Gasteiger partial charge on any atom is -0.487 e. The van der Waals surface area contributed by atoms with Crippen molar-refractivity contribution < 1.29 is 27.9 Å². The molecular formula is C26H27N7O6S2. The second-order valence-electron chi connectivity index (χ2n) is 9.78. The molecule has 13 nitrogen and oxygen atoms in total. The van der Waals surface area contributed by atoms with Crippen LogP contribution >= 0.6 is 11.3 Å². The summed E-state index contributed by atoms with van der Waals surface area (Å²) in [5.41, 5.74) is 2.58. The molecule has 1 amide bonds. The molecule has 3 heterocycles. The molecule has 2 aromatic carbocycles. The van der Waals surface area contributed by atoms with E-state index in [1.54, 1.807) is 30.6 Å². The van der Waals surface area contributed by atoms with E-state index in [-0.39, 0.29) is 23.3 Å². The van der Waals surface area contributed by atoms with Gasteiger partial charge in [-0.3, -0.25) is 4.79 Å². The standard InChI is InChI=1S/C26H27N7O6S2/c1-14(2)23(24(34)29-21(25(35)36)9-15-11-28-19-6-4-3-5-18(15)19)33-12-16(31-32-33)13-39-17-7-8-20-22(10-17)40-26(30-20)41(27,37)38/h3-8,10-12,14,21,23,28H,9,13H2,1-2H3,(H,29,34)(H,35,36)(H2,27,37,38). The van der Waals surface area contributed by atoms with Crippen LogP contribution in [0.25, 0.3) is 21.1 Å². The van der Waals surface area contributed by atoms with Gasteiger partial charge in [0, 0.05) is 23.5 Å². The van der Waals surface area contributed by atoms with Crippen molar-refractivity contribution in [2.24, 2.45) is 11.1 Å². The maximum atomic E-state index is 13.3. The molecule has 0 aliphatic carbocycles. The van der Waals surface area contributed by atoms with Crippen molar-refractivity contribution in [3.05, 3.63) is 66.1 Å². The molecule has 0 bridgehead atoms. The van der Waals surface area contributed by atoms with Gasteiger partial charge in [-0.05, 0) is 35.7 Å². The molecule has 0 radical (unpaired) electrons. The van der Waals surface area contributed by atoms with E-state index < -0.39 is 34.0 Å². The highest BCUT2D eigenvalue weighted by molar-refractivity contribution is 7.91. The average molecular weight is 598 g/mol. The molecule has 0 fully saturated rings. The summed E-state index contributed by atoms with van der Waals surface area (Å²) in [5.74, 6) is -1.41. The Hall–Kier alpha value is -4.34. The van der Waals surface area contributed by atoms with Gasteiger partial charge in [-0.2, -0.15) is 0 Å². The fraction of sp³-hybridized carbons (Fsp3) is 0.269. The number of aromatic nitrogens is 5. The SMILES string of the molecule is CC(C)C(C(=O)NC(Cc1c[nH]c2ccccc12)C(=O)O)n1cc(COc2ccc3nc(S(N)(=O)=O)sc3c2)nn1.